The Kier molecular flexibility index (Phi) is 5.47. The number of rotatable bonds is 5. The molecule has 35 heavy (non-hydrogen) atoms. The number of halogens is 1. The molecule has 1 aliphatic carbocycles. The number of hydrogen-bond acceptors (Lipinski definition) is 6. The lowest BCUT2D eigenvalue weighted by Crippen LogP contribution is -2.40. The third kappa shape index (κ3) is 4.09. The number of nitrogens with two attached hydrogens (primary N) is 2. The molecule has 0 bridgehead atoms. The maximum Gasteiger partial charge on any atom is 0.274 e. The monoisotopic (exact) mass is 496 g/mol. The summed E-state index contributed by atoms with van der Waals surface area (Å²) in [4.78, 5) is 33.0. The van der Waals surface area contributed by atoms with Crippen LogP contribution < -0.4 is 11.5 Å². The number of amides is 2. The van der Waals surface area contributed by atoms with Crippen LogP contribution in [0.4, 0.5) is 9.52 Å². The minimum absolute atomic E-state index is 0.127. The van der Waals surface area contributed by atoms with Crippen molar-refractivity contribution < 1.29 is 14.0 Å². The van der Waals surface area contributed by atoms with E-state index in [1.807, 2.05) is 25.7 Å². The van der Waals surface area contributed by atoms with E-state index in [9.17, 15) is 14.0 Å². The first-order valence-corrected chi connectivity index (χ1v) is 12.5. The van der Waals surface area contributed by atoms with Crippen molar-refractivity contribution >= 4 is 28.3 Å². The van der Waals surface area contributed by atoms with Gasteiger partial charge in [0.15, 0.2) is 5.13 Å². The van der Waals surface area contributed by atoms with Gasteiger partial charge >= 0.3 is 0 Å². The predicted octanol–water partition coefficient (Wildman–Crippen LogP) is 3.51. The van der Waals surface area contributed by atoms with Crippen LogP contribution in [0.2, 0.25) is 0 Å². The number of thiazole rings is 1. The summed E-state index contributed by atoms with van der Waals surface area (Å²) >= 11 is 1.18. The molecule has 3 heterocycles. The quantitative estimate of drug-likeness (QED) is 0.560. The van der Waals surface area contributed by atoms with Gasteiger partial charge in [-0.2, -0.15) is 5.10 Å². The lowest BCUT2D eigenvalue weighted by atomic mass is 9.86. The Labute approximate surface area is 207 Å². The van der Waals surface area contributed by atoms with Gasteiger partial charge in [-0.3, -0.25) is 14.3 Å². The molecule has 0 spiro atoms. The Balaban J connectivity index is 1.52. The normalized spacial score (nSPS) is 21.3. The van der Waals surface area contributed by atoms with E-state index in [1.54, 1.807) is 23.9 Å². The van der Waals surface area contributed by atoms with E-state index >= 15 is 0 Å². The van der Waals surface area contributed by atoms with Gasteiger partial charge in [0, 0.05) is 30.1 Å². The number of benzene rings is 1. The molecule has 3 atom stereocenters. The molecule has 2 aliphatic rings. The summed E-state index contributed by atoms with van der Waals surface area (Å²) in [5, 5.41) is 4.88. The number of aromatic nitrogens is 3. The van der Waals surface area contributed by atoms with Crippen molar-refractivity contribution in [2.45, 2.75) is 57.5 Å². The molecule has 5 rings (SSSR count). The molecule has 3 aromatic rings. The first kappa shape index (κ1) is 23.5. The molecule has 4 N–H and O–H groups in total. The van der Waals surface area contributed by atoms with E-state index in [4.69, 9.17) is 11.5 Å². The SMILES string of the molecule is Cn1nc(C(C)(C)C)c(C[C@@H]2C[C@@H]3C[C@@H]3N2C(=O)c2nc(N)sc2-c2cccc(F)c2)c1C(N)=O. The Bertz CT molecular complexity index is 1340. The highest BCUT2D eigenvalue weighted by Gasteiger charge is 2.55. The number of aryl methyl sites for hydroxylation is 1. The highest BCUT2D eigenvalue weighted by atomic mass is 32.1. The Morgan fingerprint density at radius 2 is 2.00 bits per heavy atom. The molecule has 2 amide bonds. The van der Waals surface area contributed by atoms with E-state index in [0.717, 1.165) is 24.1 Å². The molecule has 8 nitrogen and oxygen atoms in total. The minimum Gasteiger partial charge on any atom is -0.375 e. The average molecular weight is 497 g/mol. The van der Waals surface area contributed by atoms with E-state index in [-0.39, 0.29) is 40.0 Å². The summed E-state index contributed by atoms with van der Waals surface area (Å²) in [7, 11) is 1.72. The van der Waals surface area contributed by atoms with Crippen molar-refractivity contribution in [3.63, 3.8) is 0 Å². The smallest absolute Gasteiger partial charge is 0.274 e. The minimum atomic E-state index is -0.535. The number of nitrogens with zero attached hydrogens (tertiary/aromatic N) is 4. The van der Waals surface area contributed by atoms with Crippen LogP contribution in [0.1, 0.15) is 65.8 Å². The van der Waals surface area contributed by atoms with Crippen molar-refractivity contribution in [2.75, 3.05) is 5.73 Å². The maximum absolute atomic E-state index is 13.9. The predicted molar refractivity (Wildman–Crippen MR) is 133 cm³/mol. The Morgan fingerprint density at radius 1 is 1.26 bits per heavy atom. The fourth-order valence-corrected chi connectivity index (χ4v) is 6.21. The van der Waals surface area contributed by atoms with E-state index in [1.165, 1.54) is 23.5 Å². The molecule has 1 aromatic carbocycles. The first-order chi connectivity index (χ1) is 16.5. The van der Waals surface area contributed by atoms with Gasteiger partial charge in [-0.25, -0.2) is 9.37 Å². The second-order valence-corrected chi connectivity index (χ2v) is 11.6. The van der Waals surface area contributed by atoms with Gasteiger partial charge in [0.2, 0.25) is 0 Å². The van der Waals surface area contributed by atoms with Crippen LogP contribution in [-0.4, -0.2) is 43.6 Å². The lowest BCUT2D eigenvalue weighted by Gasteiger charge is -2.28. The van der Waals surface area contributed by atoms with Crippen molar-refractivity contribution in [3.8, 4) is 10.4 Å². The highest BCUT2D eigenvalue weighted by Crippen LogP contribution is 2.50. The van der Waals surface area contributed by atoms with E-state index in [0.29, 0.717) is 28.5 Å². The van der Waals surface area contributed by atoms with Crippen LogP contribution in [-0.2, 0) is 18.9 Å². The highest BCUT2D eigenvalue weighted by molar-refractivity contribution is 7.19. The third-order valence-electron chi connectivity index (χ3n) is 6.91. The first-order valence-electron chi connectivity index (χ1n) is 11.7. The summed E-state index contributed by atoms with van der Waals surface area (Å²) in [6.07, 6.45) is 2.26. The third-order valence-corrected chi connectivity index (χ3v) is 7.84. The summed E-state index contributed by atoms with van der Waals surface area (Å²) < 4.78 is 15.5. The number of likely N-dealkylation sites (tertiary alicyclic amines) is 1. The molecule has 0 unspecified atom stereocenters. The van der Waals surface area contributed by atoms with Gasteiger partial charge in [0.1, 0.15) is 17.2 Å². The van der Waals surface area contributed by atoms with Crippen LogP contribution in [0, 0.1) is 11.7 Å². The number of nitrogen functional groups attached to an aromatic ring is 1. The molecule has 184 valence electrons. The zero-order chi connectivity index (χ0) is 25.2. The molecular formula is C25H29FN6O2S. The molecular weight excluding hydrogens is 467 g/mol. The number of fused-ring (bicyclic) bond motifs is 1. The summed E-state index contributed by atoms with van der Waals surface area (Å²) in [5.41, 5.74) is 14.2. The van der Waals surface area contributed by atoms with Crippen LogP contribution in [0.15, 0.2) is 24.3 Å². The molecule has 2 aromatic heterocycles. The maximum atomic E-state index is 13.9. The van der Waals surface area contributed by atoms with Gasteiger partial charge < -0.3 is 16.4 Å². The van der Waals surface area contributed by atoms with Crippen LogP contribution in [0.25, 0.3) is 10.4 Å². The number of carbonyl (C=O) groups is 2. The van der Waals surface area contributed by atoms with Crippen molar-refractivity contribution in [1.29, 1.82) is 0 Å². The summed E-state index contributed by atoms with van der Waals surface area (Å²) in [6, 6.07) is 6.10. The largest absolute Gasteiger partial charge is 0.375 e. The second-order valence-electron chi connectivity index (χ2n) is 10.5. The van der Waals surface area contributed by atoms with E-state index in [2.05, 4.69) is 10.1 Å². The zero-order valence-electron chi connectivity index (χ0n) is 20.2. The fourth-order valence-electron chi connectivity index (χ4n) is 5.39. The lowest BCUT2D eigenvalue weighted by molar-refractivity contribution is 0.0695. The average Bonchev–Trinajstić information content (AvgIpc) is 3.09. The van der Waals surface area contributed by atoms with Crippen molar-refractivity contribution in [3.05, 3.63) is 52.7 Å². The van der Waals surface area contributed by atoms with E-state index < -0.39 is 5.91 Å². The number of hydrogen-bond donors (Lipinski definition) is 2. The second kappa shape index (κ2) is 8.15. The zero-order valence-corrected chi connectivity index (χ0v) is 21.0. The molecule has 1 aliphatic heterocycles. The van der Waals surface area contributed by atoms with Gasteiger partial charge in [0.05, 0.1) is 10.6 Å². The van der Waals surface area contributed by atoms with Crippen LogP contribution in [0.3, 0.4) is 0 Å². The topological polar surface area (TPSA) is 120 Å². The van der Waals surface area contributed by atoms with Crippen LogP contribution >= 0.6 is 11.3 Å². The molecule has 10 heteroatoms. The Hall–Kier alpha value is -3.27. The molecule has 2 fully saturated rings. The number of primary amides is 1. The van der Waals surface area contributed by atoms with Crippen LogP contribution in [0.5, 0.6) is 0 Å². The standard InChI is InChI=1S/C25H29FN6O2S/c1-25(2,3)21-16(19(22(27)33)31(4)30-21)11-15-9-13-10-17(13)32(15)23(34)18-20(35-24(28)29-18)12-6-5-7-14(26)8-12/h5-8,13,15,17H,9-11H2,1-4H3,(H2,27,33)(H2,28,29)/t13-,15+,17+/m1/s1. The molecule has 0 radical (unpaired) electrons. The van der Waals surface area contributed by atoms with Gasteiger partial charge in [0.25, 0.3) is 11.8 Å². The van der Waals surface area contributed by atoms with Gasteiger partial charge in [-0.1, -0.05) is 44.2 Å². The number of carbonyl (C=O) groups excluding carboxylic acids is 2. The summed E-state index contributed by atoms with van der Waals surface area (Å²) in [6.45, 7) is 6.13. The fraction of sp³-hybridized carbons (Fsp3) is 0.440. The van der Waals surface area contributed by atoms with Crippen molar-refractivity contribution in [2.24, 2.45) is 18.7 Å². The van der Waals surface area contributed by atoms with Gasteiger partial charge in [-0.05, 0) is 42.9 Å². The molecule has 1 saturated heterocycles. The van der Waals surface area contributed by atoms with Crippen molar-refractivity contribution in [1.82, 2.24) is 19.7 Å². The number of anilines is 1. The molecule has 1 saturated carbocycles. The Morgan fingerprint density at radius 3 is 2.66 bits per heavy atom. The van der Waals surface area contributed by atoms with Gasteiger partial charge in [-0.15, -0.1) is 0 Å². The number of piperidine rings is 1. The summed E-state index contributed by atoms with van der Waals surface area (Å²) in [5.74, 6) is -0.718.